The van der Waals surface area contributed by atoms with Crippen LogP contribution in [0, 0.1) is 0 Å². The average Bonchev–Trinajstić information content (AvgIpc) is 2.43. The Bertz CT molecular complexity index is 567. The molecule has 0 atom stereocenters. The summed E-state index contributed by atoms with van der Waals surface area (Å²) in [6, 6.07) is 1.41. The molecule has 0 saturated heterocycles. The Morgan fingerprint density at radius 2 is 2.36 bits per heavy atom. The van der Waals surface area contributed by atoms with Crippen molar-refractivity contribution in [2.24, 2.45) is 7.05 Å². The van der Waals surface area contributed by atoms with Crippen molar-refractivity contribution in [3.63, 3.8) is 0 Å². The van der Waals surface area contributed by atoms with E-state index in [1.54, 1.807) is 7.05 Å². The van der Waals surface area contributed by atoms with Crippen LogP contribution in [0.3, 0.4) is 0 Å². The van der Waals surface area contributed by atoms with E-state index in [0.29, 0.717) is 11.2 Å². The highest BCUT2D eigenvalue weighted by Gasteiger charge is 2.08. The smallest absolute Gasteiger partial charge is 0.337 e. The third kappa shape index (κ3) is 1.08. The number of carbonyl (C=O) groups is 1. The molecular formula is C8H7N3O3. The number of pyridine rings is 1. The number of aryl methyl sites for hydroxylation is 1. The minimum absolute atomic E-state index is 0.0621. The van der Waals surface area contributed by atoms with Crippen molar-refractivity contribution in [1.29, 1.82) is 0 Å². The van der Waals surface area contributed by atoms with E-state index in [1.807, 2.05) is 0 Å². The molecule has 0 aromatic carbocycles. The van der Waals surface area contributed by atoms with Crippen molar-refractivity contribution >= 4 is 17.1 Å². The molecule has 0 aliphatic rings. The third-order valence-corrected chi connectivity index (χ3v) is 2.01. The molecule has 0 saturated carbocycles. The highest BCUT2D eigenvalue weighted by molar-refractivity contribution is 5.90. The monoisotopic (exact) mass is 193 g/mol. The number of aromatic nitrogens is 3. The number of imidazole rings is 1. The summed E-state index contributed by atoms with van der Waals surface area (Å²) in [5.41, 5.74) is 0.625. The van der Waals surface area contributed by atoms with Crippen LogP contribution in [-0.2, 0) is 7.05 Å². The number of H-pyrrole nitrogens is 1. The lowest BCUT2D eigenvalue weighted by molar-refractivity contribution is 0.0696. The van der Waals surface area contributed by atoms with Gasteiger partial charge in [0.2, 0.25) is 0 Å². The first-order valence-corrected chi connectivity index (χ1v) is 3.87. The van der Waals surface area contributed by atoms with Crippen LogP contribution < -0.4 is 5.69 Å². The number of aromatic carboxylic acids is 1. The van der Waals surface area contributed by atoms with Gasteiger partial charge in [0.1, 0.15) is 0 Å². The Labute approximate surface area is 77.8 Å². The predicted octanol–water partition coefficient (Wildman–Crippen LogP) is -0.0402. The Hall–Kier alpha value is -2.11. The molecular weight excluding hydrogens is 186 g/mol. The molecule has 0 amide bonds. The van der Waals surface area contributed by atoms with Gasteiger partial charge in [-0.25, -0.2) is 14.6 Å². The van der Waals surface area contributed by atoms with Crippen LogP contribution in [0.1, 0.15) is 10.4 Å². The molecule has 2 aromatic rings. The average molecular weight is 193 g/mol. The van der Waals surface area contributed by atoms with Gasteiger partial charge < -0.3 is 5.11 Å². The van der Waals surface area contributed by atoms with Crippen molar-refractivity contribution in [1.82, 2.24) is 14.5 Å². The van der Waals surface area contributed by atoms with Crippen LogP contribution in [0.2, 0.25) is 0 Å². The molecule has 0 bridgehead atoms. The molecule has 0 unspecified atom stereocenters. The van der Waals surface area contributed by atoms with Gasteiger partial charge in [0.15, 0.2) is 5.65 Å². The lowest BCUT2D eigenvalue weighted by Gasteiger charge is -1.95. The second-order valence-corrected chi connectivity index (χ2v) is 2.89. The van der Waals surface area contributed by atoms with Crippen LogP contribution in [0.5, 0.6) is 0 Å². The van der Waals surface area contributed by atoms with Crippen LogP contribution in [0.25, 0.3) is 11.2 Å². The first-order valence-electron chi connectivity index (χ1n) is 3.87. The van der Waals surface area contributed by atoms with Crippen LogP contribution in [0.15, 0.2) is 17.1 Å². The SMILES string of the molecule is Cn1c(=O)[nH]c2ncc(C(=O)O)cc21. The van der Waals surface area contributed by atoms with Crippen LogP contribution >= 0.6 is 0 Å². The van der Waals surface area contributed by atoms with Crippen molar-refractivity contribution in [3.05, 3.63) is 28.3 Å². The molecule has 72 valence electrons. The van der Waals surface area contributed by atoms with Crippen molar-refractivity contribution in [2.75, 3.05) is 0 Å². The molecule has 6 nitrogen and oxygen atoms in total. The van der Waals surface area contributed by atoms with Crippen molar-refractivity contribution in [2.45, 2.75) is 0 Å². The van der Waals surface area contributed by atoms with Crippen molar-refractivity contribution < 1.29 is 9.90 Å². The maximum atomic E-state index is 11.1. The van der Waals surface area contributed by atoms with E-state index in [1.165, 1.54) is 16.8 Å². The largest absolute Gasteiger partial charge is 0.478 e. The summed E-state index contributed by atoms with van der Waals surface area (Å²) in [5, 5.41) is 8.70. The quantitative estimate of drug-likeness (QED) is 0.665. The minimum atomic E-state index is -1.06. The predicted molar refractivity (Wildman–Crippen MR) is 48.3 cm³/mol. The fraction of sp³-hybridized carbons (Fsp3) is 0.125. The number of hydrogen-bond acceptors (Lipinski definition) is 3. The maximum absolute atomic E-state index is 11.1. The molecule has 14 heavy (non-hydrogen) atoms. The number of nitrogens with one attached hydrogen (secondary N) is 1. The van der Waals surface area contributed by atoms with E-state index in [9.17, 15) is 9.59 Å². The number of nitrogens with zero attached hydrogens (tertiary/aromatic N) is 2. The first-order chi connectivity index (χ1) is 6.59. The highest BCUT2D eigenvalue weighted by Crippen LogP contribution is 2.08. The number of carboxylic acids is 1. The van der Waals surface area contributed by atoms with Gasteiger partial charge in [-0.3, -0.25) is 9.55 Å². The van der Waals surface area contributed by atoms with Crippen LogP contribution in [-0.4, -0.2) is 25.6 Å². The molecule has 2 aromatic heterocycles. The summed E-state index contributed by atoms with van der Waals surface area (Å²) in [7, 11) is 1.55. The minimum Gasteiger partial charge on any atom is -0.478 e. The summed E-state index contributed by atoms with van der Waals surface area (Å²) in [4.78, 5) is 28.1. The molecule has 2 N–H and O–H groups in total. The summed E-state index contributed by atoms with van der Waals surface area (Å²) in [6.45, 7) is 0. The molecule has 2 heterocycles. The Balaban J connectivity index is 2.82. The molecule has 6 heteroatoms. The van der Waals surface area contributed by atoms with E-state index in [2.05, 4.69) is 9.97 Å². The topological polar surface area (TPSA) is 88.0 Å². The number of rotatable bonds is 1. The van der Waals surface area contributed by atoms with E-state index < -0.39 is 5.97 Å². The fourth-order valence-electron chi connectivity index (χ4n) is 1.22. The zero-order valence-corrected chi connectivity index (χ0v) is 7.31. The van der Waals surface area contributed by atoms with Gasteiger partial charge in [0.05, 0.1) is 11.1 Å². The van der Waals surface area contributed by atoms with Gasteiger partial charge >= 0.3 is 11.7 Å². The number of fused-ring (bicyclic) bond motifs is 1. The number of aromatic amines is 1. The lowest BCUT2D eigenvalue weighted by Crippen LogP contribution is -2.11. The third-order valence-electron chi connectivity index (χ3n) is 2.01. The summed E-state index contributed by atoms with van der Waals surface area (Å²) in [6.07, 6.45) is 1.21. The highest BCUT2D eigenvalue weighted by atomic mass is 16.4. The molecule has 0 fully saturated rings. The standard InChI is InChI=1S/C8H7N3O3/c1-11-5-2-4(7(12)13)3-9-6(5)10-8(11)14/h2-3H,1H3,(H,12,13)(H,9,10,14). The second-order valence-electron chi connectivity index (χ2n) is 2.89. The molecule has 2 rings (SSSR count). The zero-order chi connectivity index (χ0) is 10.3. The molecule has 0 radical (unpaired) electrons. The van der Waals surface area contributed by atoms with E-state index in [0.717, 1.165) is 0 Å². The first kappa shape index (κ1) is 8.49. The number of carboxylic acid groups (broad SMARTS) is 1. The normalized spacial score (nSPS) is 10.6. The summed E-state index contributed by atoms with van der Waals surface area (Å²) in [5.74, 6) is -1.06. The van der Waals surface area contributed by atoms with E-state index >= 15 is 0 Å². The lowest BCUT2D eigenvalue weighted by atomic mass is 10.3. The number of hydrogen-bond donors (Lipinski definition) is 2. The van der Waals surface area contributed by atoms with Gasteiger partial charge in [-0.15, -0.1) is 0 Å². The summed E-state index contributed by atoms with van der Waals surface area (Å²) < 4.78 is 1.31. The van der Waals surface area contributed by atoms with Gasteiger partial charge in [0, 0.05) is 13.2 Å². The summed E-state index contributed by atoms with van der Waals surface area (Å²) >= 11 is 0. The zero-order valence-electron chi connectivity index (χ0n) is 7.31. The Kier molecular flexibility index (Phi) is 1.63. The van der Waals surface area contributed by atoms with E-state index in [4.69, 9.17) is 5.11 Å². The Morgan fingerprint density at radius 3 is 3.00 bits per heavy atom. The van der Waals surface area contributed by atoms with Gasteiger partial charge in [-0.05, 0) is 6.07 Å². The van der Waals surface area contributed by atoms with Gasteiger partial charge in [-0.1, -0.05) is 0 Å². The van der Waals surface area contributed by atoms with E-state index in [-0.39, 0.29) is 11.3 Å². The van der Waals surface area contributed by atoms with Crippen molar-refractivity contribution in [3.8, 4) is 0 Å². The Morgan fingerprint density at radius 1 is 1.64 bits per heavy atom. The molecule has 0 aliphatic heterocycles. The maximum Gasteiger partial charge on any atom is 0.337 e. The fourth-order valence-corrected chi connectivity index (χ4v) is 1.22. The van der Waals surface area contributed by atoms with Crippen LogP contribution in [0.4, 0.5) is 0 Å². The van der Waals surface area contributed by atoms with Gasteiger partial charge in [-0.2, -0.15) is 0 Å². The second kappa shape index (κ2) is 2.69. The van der Waals surface area contributed by atoms with Gasteiger partial charge in [0.25, 0.3) is 0 Å². The molecule has 0 aliphatic carbocycles. The molecule has 0 spiro atoms.